The van der Waals surface area contributed by atoms with Gasteiger partial charge >= 0.3 is 6.18 Å². The third kappa shape index (κ3) is 4.17. The minimum absolute atomic E-state index is 0.168. The molecule has 0 atom stereocenters. The number of hydrogen-bond donors (Lipinski definition) is 2. The van der Waals surface area contributed by atoms with E-state index < -0.39 is 32.5 Å². The summed E-state index contributed by atoms with van der Waals surface area (Å²) in [4.78, 5) is 3.16. The zero-order chi connectivity index (χ0) is 17.3. The molecule has 1 aromatic heterocycles. The van der Waals surface area contributed by atoms with Gasteiger partial charge < -0.3 is 5.73 Å². The first-order chi connectivity index (χ1) is 10.6. The Morgan fingerprint density at radius 2 is 1.87 bits per heavy atom. The molecule has 0 saturated carbocycles. The smallest absolute Gasteiger partial charge is 0.384 e. The van der Waals surface area contributed by atoms with Gasteiger partial charge in [0.1, 0.15) is 11.6 Å². The minimum Gasteiger partial charge on any atom is -0.384 e. The Labute approximate surface area is 129 Å². The Hall–Kier alpha value is -2.20. The van der Waals surface area contributed by atoms with E-state index in [1.807, 2.05) is 0 Å². The van der Waals surface area contributed by atoms with Gasteiger partial charge in [-0.25, -0.2) is 22.5 Å². The van der Waals surface area contributed by atoms with Crippen LogP contribution in [0.25, 0.3) is 0 Å². The first kappa shape index (κ1) is 17.2. The van der Waals surface area contributed by atoms with Crippen molar-refractivity contribution in [1.82, 2.24) is 9.71 Å². The third-order valence-corrected chi connectivity index (χ3v) is 4.27. The quantitative estimate of drug-likeness (QED) is 0.830. The number of hydrogen-bond acceptors (Lipinski definition) is 4. The van der Waals surface area contributed by atoms with E-state index in [0.717, 1.165) is 0 Å². The molecule has 3 N–H and O–H groups in total. The molecule has 0 aliphatic carbocycles. The fourth-order valence-corrected chi connectivity index (χ4v) is 2.72. The highest BCUT2D eigenvalue weighted by atomic mass is 32.2. The van der Waals surface area contributed by atoms with Gasteiger partial charge in [-0.2, -0.15) is 13.2 Å². The first-order valence-corrected chi connectivity index (χ1v) is 7.65. The van der Waals surface area contributed by atoms with E-state index in [1.54, 1.807) is 0 Å². The van der Waals surface area contributed by atoms with Crippen LogP contribution in [-0.4, -0.2) is 13.4 Å². The SMILES string of the molecule is Nc1ccc(CNS(=O)(=O)c2ccc(C(F)(F)F)c(F)c2)cn1. The van der Waals surface area contributed by atoms with Crippen molar-refractivity contribution in [2.24, 2.45) is 0 Å². The molecule has 23 heavy (non-hydrogen) atoms. The lowest BCUT2D eigenvalue weighted by atomic mass is 10.2. The highest BCUT2D eigenvalue weighted by molar-refractivity contribution is 7.89. The van der Waals surface area contributed by atoms with E-state index >= 15 is 0 Å². The second-order valence-electron chi connectivity index (χ2n) is 4.56. The fraction of sp³-hybridized carbons (Fsp3) is 0.154. The zero-order valence-corrected chi connectivity index (χ0v) is 12.2. The molecule has 0 radical (unpaired) electrons. The molecule has 0 aliphatic heterocycles. The highest BCUT2D eigenvalue weighted by Gasteiger charge is 2.34. The average Bonchev–Trinajstić information content (AvgIpc) is 2.45. The number of pyridine rings is 1. The number of benzene rings is 1. The van der Waals surface area contributed by atoms with Crippen LogP contribution < -0.4 is 10.5 Å². The van der Waals surface area contributed by atoms with Crippen LogP contribution in [0.1, 0.15) is 11.1 Å². The highest BCUT2D eigenvalue weighted by Crippen LogP contribution is 2.32. The van der Waals surface area contributed by atoms with E-state index in [-0.39, 0.29) is 12.4 Å². The molecular weight excluding hydrogens is 338 g/mol. The van der Waals surface area contributed by atoms with Gasteiger partial charge in [0.2, 0.25) is 10.0 Å². The van der Waals surface area contributed by atoms with Crippen molar-refractivity contribution >= 4 is 15.8 Å². The summed E-state index contributed by atoms with van der Waals surface area (Å²) in [7, 11) is -4.17. The summed E-state index contributed by atoms with van der Waals surface area (Å²) in [6, 6.07) is 4.39. The van der Waals surface area contributed by atoms with Gasteiger partial charge in [0, 0.05) is 12.7 Å². The molecule has 1 heterocycles. The maximum Gasteiger partial charge on any atom is 0.419 e. The number of nitrogen functional groups attached to an aromatic ring is 1. The maximum absolute atomic E-state index is 13.4. The summed E-state index contributed by atoms with van der Waals surface area (Å²) in [6.07, 6.45) is -3.55. The molecule has 0 fully saturated rings. The predicted molar refractivity (Wildman–Crippen MR) is 74.1 cm³/mol. The second-order valence-corrected chi connectivity index (χ2v) is 6.32. The Kier molecular flexibility index (Phi) is 4.57. The summed E-state index contributed by atoms with van der Waals surface area (Å²) in [5.41, 5.74) is 4.34. The topological polar surface area (TPSA) is 85.1 Å². The van der Waals surface area contributed by atoms with Gasteiger partial charge in [-0.15, -0.1) is 0 Å². The van der Waals surface area contributed by atoms with E-state index in [1.165, 1.54) is 18.3 Å². The summed E-state index contributed by atoms with van der Waals surface area (Å²) in [5.74, 6) is -1.41. The molecule has 124 valence electrons. The number of nitrogens with zero attached hydrogens (tertiary/aromatic N) is 1. The number of nitrogens with two attached hydrogens (primary N) is 1. The average molecular weight is 349 g/mol. The summed E-state index contributed by atoms with van der Waals surface area (Å²) >= 11 is 0. The van der Waals surface area contributed by atoms with E-state index in [9.17, 15) is 26.0 Å². The van der Waals surface area contributed by atoms with Crippen molar-refractivity contribution in [1.29, 1.82) is 0 Å². The zero-order valence-electron chi connectivity index (χ0n) is 11.4. The van der Waals surface area contributed by atoms with Crippen LogP contribution in [0.15, 0.2) is 41.4 Å². The summed E-state index contributed by atoms with van der Waals surface area (Å²) in [6.45, 7) is -0.168. The molecule has 10 heteroatoms. The molecule has 1 aromatic carbocycles. The van der Waals surface area contributed by atoms with Gasteiger partial charge in [-0.3, -0.25) is 0 Å². The Bertz CT molecular complexity index is 805. The molecule has 0 amide bonds. The lowest BCUT2D eigenvalue weighted by molar-refractivity contribution is -0.140. The molecule has 0 saturated heterocycles. The molecule has 2 aromatic rings. The number of anilines is 1. The van der Waals surface area contributed by atoms with Gasteiger partial charge in [-0.1, -0.05) is 6.07 Å². The molecular formula is C13H11F4N3O2S. The van der Waals surface area contributed by atoms with Crippen molar-refractivity contribution in [3.63, 3.8) is 0 Å². The van der Waals surface area contributed by atoms with Gasteiger partial charge in [0.25, 0.3) is 0 Å². The number of aromatic nitrogens is 1. The van der Waals surface area contributed by atoms with Crippen LogP contribution in [0.4, 0.5) is 23.4 Å². The van der Waals surface area contributed by atoms with Crippen LogP contribution in [0.2, 0.25) is 0 Å². The Morgan fingerprint density at radius 3 is 2.39 bits per heavy atom. The standard InChI is InChI=1S/C13H11F4N3O2S/c14-11-5-9(2-3-10(11)13(15,16)17)23(21,22)20-7-8-1-4-12(18)19-6-8/h1-6,20H,7H2,(H2,18,19). The van der Waals surface area contributed by atoms with Gasteiger partial charge in [-0.05, 0) is 29.8 Å². The third-order valence-electron chi connectivity index (χ3n) is 2.87. The van der Waals surface area contributed by atoms with Crippen LogP contribution in [0.5, 0.6) is 0 Å². The summed E-state index contributed by atoms with van der Waals surface area (Å²) in [5, 5.41) is 0. The lowest BCUT2D eigenvalue weighted by Crippen LogP contribution is -2.23. The van der Waals surface area contributed by atoms with Gasteiger partial charge in [0.15, 0.2) is 0 Å². The lowest BCUT2D eigenvalue weighted by Gasteiger charge is -2.10. The first-order valence-electron chi connectivity index (χ1n) is 6.16. The Morgan fingerprint density at radius 1 is 1.17 bits per heavy atom. The van der Waals surface area contributed by atoms with Crippen molar-refractivity contribution in [2.45, 2.75) is 17.6 Å². The van der Waals surface area contributed by atoms with Crippen molar-refractivity contribution < 1.29 is 26.0 Å². The molecule has 0 bridgehead atoms. The molecule has 0 spiro atoms. The summed E-state index contributed by atoms with van der Waals surface area (Å²) < 4.78 is 76.9. The van der Waals surface area contributed by atoms with E-state index in [4.69, 9.17) is 5.73 Å². The van der Waals surface area contributed by atoms with Crippen LogP contribution in [0.3, 0.4) is 0 Å². The second kappa shape index (κ2) is 6.13. The van der Waals surface area contributed by atoms with Crippen molar-refractivity contribution in [3.05, 3.63) is 53.5 Å². The molecule has 0 unspecified atom stereocenters. The van der Waals surface area contributed by atoms with E-state index in [0.29, 0.717) is 23.8 Å². The normalized spacial score (nSPS) is 12.3. The fourth-order valence-electron chi connectivity index (χ4n) is 1.70. The predicted octanol–water partition coefficient (Wildman–Crippen LogP) is 2.30. The Balaban J connectivity index is 2.19. The molecule has 0 aliphatic rings. The monoisotopic (exact) mass is 349 g/mol. The van der Waals surface area contributed by atoms with Crippen molar-refractivity contribution in [2.75, 3.05) is 5.73 Å². The van der Waals surface area contributed by atoms with Crippen LogP contribution in [0, 0.1) is 5.82 Å². The maximum atomic E-state index is 13.4. The largest absolute Gasteiger partial charge is 0.419 e. The number of alkyl halides is 3. The minimum atomic E-state index is -4.89. The van der Waals surface area contributed by atoms with E-state index in [2.05, 4.69) is 9.71 Å². The van der Waals surface area contributed by atoms with Crippen molar-refractivity contribution in [3.8, 4) is 0 Å². The van der Waals surface area contributed by atoms with Crippen LogP contribution in [-0.2, 0) is 22.7 Å². The number of sulfonamides is 1. The molecule has 2 rings (SSSR count). The number of halogens is 4. The number of rotatable bonds is 4. The molecule has 5 nitrogen and oxygen atoms in total. The number of nitrogens with one attached hydrogen (secondary N) is 1. The van der Waals surface area contributed by atoms with Crippen LogP contribution >= 0.6 is 0 Å². The van der Waals surface area contributed by atoms with Gasteiger partial charge in [0.05, 0.1) is 10.5 Å².